The van der Waals surface area contributed by atoms with Gasteiger partial charge < -0.3 is 15.0 Å². The molecule has 1 aromatic rings. The SMILES string of the molecule is O=C(c1ccc2c(c1)NCC2)N1CCCOCC1. The molecule has 1 fully saturated rings. The Morgan fingerprint density at radius 2 is 2.22 bits per heavy atom. The first-order chi connectivity index (χ1) is 8.84. The summed E-state index contributed by atoms with van der Waals surface area (Å²) < 4.78 is 5.38. The molecule has 4 heteroatoms. The largest absolute Gasteiger partial charge is 0.384 e. The second kappa shape index (κ2) is 4.98. The van der Waals surface area contributed by atoms with Crippen molar-refractivity contribution in [3.63, 3.8) is 0 Å². The fraction of sp³-hybridized carbons (Fsp3) is 0.500. The fourth-order valence-electron chi connectivity index (χ4n) is 2.56. The van der Waals surface area contributed by atoms with E-state index in [0.717, 1.165) is 43.8 Å². The molecule has 0 atom stereocenters. The normalized spacial score (nSPS) is 19.0. The number of carbonyl (C=O) groups excluding carboxylic acids is 1. The molecule has 1 N–H and O–H groups in total. The van der Waals surface area contributed by atoms with Crippen molar-refractivity contribution in [3.05, 3.63) is 29.3 Å². The van der Waals surface area contributed by atoms with Gasteiger partial charge in [0.2, 0.25) is 0 Å². The molecule has 0 aromatic heterocycles. The van der Waals surface area contributed by atoms with Crippen molar-refractivity contribution in [2.24, 2.45) is 0 Å². The molecule has 0 aliphatic carbocycles. The number of nitrogens with one attached hydrogen (secondary N) is 1. The Morgan fingerprint density at radius 1 is 1.28 bits per heavy atom. The van der Waals surface area contributed by atoms with E-state index in [1.807, 2.05) is 17.0 Å². The first-order valence-corrected chi connectivity index (χ1v) is 6.58. The molecular formula is C14H18N2O2. The Balaban J connectivity index is 1.79. The second-order valence-corrected chi connectivity index (χ2v) is 4.81. The molecule has 0 unspecified atom stereocenters. The Hall–Kier alpha value is -1.55. The van der Waals surface area contributed by atoms with Crippen molar-refractivity contribution in [1.29, 1.82) is 0 Å². The zero-order valence-electron chi connectivity index (χ0n) is 10.4. The predicted molar refractivity (Wildman–Crippen MR) is 70.0 cm³/mol. The number of carbonyl (C=O) groups is 1. The van der Waals surface area contributed by atoms with Gasteiger partial charge in [0.25, 0.3) is 5.91 Å². The molecule has 18 heavy (non-hydrogen) atoms. The van der Waals surface area contributed by atoms with Crippen LogP contribution in [-0.4, -0.2) is 43.7 Å². The second-order valence-electron chi connectivity index (χ2n) is 4.81. The van der Waals surface area contributed by atoms with E-state index >= 15 is 0 Å². The Bertz CT molecular complexity index is 451. The molecule has 3 rings (SSSR count). The summed E-state index contributed by atoms with van der Waals surface area (Å²) in [5, 5.41) is 3.32. The monoisotopic (exact) mass is 246 g/mol. The van der Waals surface area contributed by atoms with Crippen LogP contribution in [0.2, 0.25) is 0 Å². The van der Waals surface area contributed by atoms with Gasteiger partial charge in [0.1, 0.15) is 0 Å². The van der Waals surface area contributed by atoms with Gasteiger partial charge in [0, 0.05) is 37.5 Å². The number of hydrogen-bond acceptors (Lipinski definition) is 3. The van der Waals surface area contributed by atoms with E-state index in [1.54, 1.807) is 0 Å². The maximum absolute atomic E-state index is 12.4. The summed E-state index contributed by atoms with van der Waals surface area (Å²) in [5.74, 6) is 0.122. The summed E-state index contributed by atoms with van der Waals surface area (Å²) in [6, 6.07) is 5.99. The summed E-state index contributed by atoms with van der Waals surface area (Å²) in [6.07, 6.45) is 1.98. The van der Waals surface area contributed by atoms with Crippen LogP contribution in [0.25, 0.3) is 0 Å². The molecule has 2 heterocycles. The van der Waals surface area contributed by atoms with Crippen molar-refractivity contribution in [1.82, 2.24) is 4.90 Å². The van der Waals surface area contributed by atoms with Crippen molar-refractivity contribution >= 4 is 11.6 Å². The number of rotatable bonds is 1. The lowest BCUT2D eigenvalue weighted by Crippen LogP contribution is -2.33. The molecule has 0 spiro atoms. The Morgan fingerprint density at radius 3 is 3.17 bits per heavy atom. The van der Waals surface area contributed by atoms with Crippen molar-refractivity contribution in [2.45, 2.75) is 12.8 Å². The standard InChI is InChI=1S/C14H18N2O2/c17-14(16-6-1-8-18-9-7-16)12-3-2-11-4-5-15-13(11)10-12/h2-3,10,15H,1,4-9H2. The van der Waals surface area contributed by atoms with Crippen LogP contribution >= 0.6 is 0 Å². The smallest absolute Gasteiger partial charge is 0.254 e. The van der Waals surface area contributed by atoms with E-state index in [-0.39, 0.29) is 5.91 Å². The van der Waals surface area contributed by atoms with E-state index in [2.05, 4.69) is 11.4 Å². The molecule has 1 amide bonds. The molecule has 2 aliphatic rings. The number of nitrogens with zero attached hydrogens (tertiary/aromatic N) is 1. The lowest BCUT2D eigenvalue weighted by Gasteiger charge is -2.20. The van der Waals surface area contributed by atoms with Crippen LogP contribution < -0.4 is 5.32 Å². The first-order valence-electron chi connectivity index (χ1n) is 6.58. The van der Waals surface area contributed by atoms with Gasteiger partial charge in [-0.3, -0.25) is 4.79 Å². The van der Waals surface area contributed by atoms with E-state index in [4.69, 9.17) is 4.74 Å². The molecule has 0 bridgehead atoms. The summed E-state index contributed by atoms with van der Waals surface area (Å²) in [7, 11) is 0. The third-order valence-corrected chi connectivity index (χ3v) is 3.58. The summed E-state index contributed by atoms with van der Waals surface area (Å²) >= 11 is 0. The van der Waals surface area contributed by atoms with Gasteiger partial charge in [-0.15, -0.1) is 0 Å². The molecule has 4 nitrogen and oxygen atoms in total. The zero-order valence-corrected chi connectivity index (χ0v) is 10.4. The van der Waals surface area contributed by atoms with Gasteiger partial charge in [-0.2, -0.15) is 0 Å². The molecule has 1 aromatic carbocycles. The van der Waals surface area contributed by atoms with E-state index in [0.29, 0.717) is 13.2 Å². The summed E-state index contributed by atoms with van der Waals surface area (Å²) in [6.45, 7) is 3.88. The first kappa shape index (κ1) is 11.5. The van der Waals surface area contributed by atoms with Crippen LogP contribution in [-0.2, 0) is 11.2 Å². The number of hydrogen-bond donors (Lipinski definition) is 1. The minimum Gasteiger partial charge on any atom is -0.384 e. The van der Waals surface area contributed by atoms with E-state index in [9.17, 15) is 4.79 Å². The minimum atomic E-state index is 0.122. The van der Waals surface area contributed by atoms with Gasteiger partial charge in [0.05, 0.1) is 6.61 Å². The van der Waals surface area contributed by atoms with Crippen LogP contribution in [0.4, 0.5) is 5.69 Å². The lowest BCUT2D eigenvalue weighted by atomic mass is 10.1. The average Bonchev–Trinajstić information content (AvgIpc) is 2.69. The fourth-order valence-corrected chi connectivity index (χ4v) is 2.56. The van der Waals surface area contributed by atoms with E-state index < -0.39 is 0 Å². The maximum atomic E-state index is 12.4. The van der Waals surface area contributed by atoms with Crippen molar-refractivity contribution in [2.75, 3.05) is 38.2 Å². The number of ether oxygens (including phenoxy) is 1. The van der Waals surface area contributed by atoms with Crippen LogP contribution in [0.3, 0.4) is 0 Å². The third kappa shape index (κ3) is 2.20. The third-order valence-electron chi connectivity index (χ3n) is 3.58. The predicted octanol–water partition coefficient (Wildman–Crippen LogP) is 1.52. The van der Waals surface area contributed by atoms with Crippen LogP contribution in [0.5, 0.6) is 0 Å². The molecule has 2 aliphatic heterocycles. The molecule has 0 saturated carbocycles. The van der Waals surface area contributed by atoms with Crippen LogP contribution in [0.1, 0.15) is 22.3 Å². The summed E-state index contributed by atoms with van der Waals surface area (Å²) in [5.41, 5.74) is 3.21. The van der Waals surface area contributed by atoms with Crippen molar-refractivity contribution in [3.8, 4) is 0 Å². The highest BCUT2D eigenvalue weighted by atomic mass is 16.5. The van der Waals surface area contributed by atoms with E-state index in [1.165, 1.54) is 5.56 Å². The minimum absolute atomic E-state index is 0.122. The Kier molecular flexibility index (Phi) is 3.19. The quantitative estimate of drug-likeness (QED) is 0.817. The number of anilines is 1. The molecule has 0 radical (unpaired) electrons. The number of fused-ring (bicyclic) bond motifs is 1. The van der Waals surface area contributed by atoms with Gasteiger partial charge in [-0.05, 0) is 30.5 Å². The van der Waals surface area contributed by atoms with Gasteiger partial charge >= 0.3 is 0 Å². The molecule has 96 valence electrons. The number of amides is 1. The van der Waals surface area contributed by atoms with Crippen LogP contribution in [0.15, 0.2) is 18.2 Å². The molecular weight excluding hydrogens is 228 g/mol. The van der Waals surface area contributed by atoms with Gasteiger partial charge in [-0.25, -0.2) is 0 Å². The van der Waals surface area contributed by atoms with Gasteiger partial charge in [0.15, 0.2) is 0 Å². The summed E-state index contributed by atoms with van der Waals surface area (Å²) in [4.78, 5) is 14.3. The van der Waals surface area contributed by atoms with Crippen LogP contribution in [0, 0.1) is 0 Å². The highest BCUT2D eigenvalue weighted by molar-refractivity contribution is 5.95. The average molecular weight is 246 g/mol. The van der Waals surface area contributed by atoms with Crippen molar-refractivity contribution < 1.29 is 9.53 Å². The van der Waals surface area contributed by atoms with Gasteiger partial charge in [-0.1, -0.05) is 6.07 Å². The topological polar surface area (TPSA) is 41.6 Å². The Labute approximate surface area is 107 Å². The lowest BCUT2D eigenvalue weighted by molar-refractivity contribution is 0.0741. The zero-order chi connectivity index (χ0) is 12.4. The highest BCUT2D eigenvalue weighted by Gasteiger charge is 2.19. The maximum Gasteiger partial charge on any atom is 0.254 e. The highest BCUT2D eigenvalue weighted by Crippen LogP contribution is 2.24. The number of benzene rings is 1. The molecule has 1 saturated heterocycles.